The second-order valence-electron chi connectivity index (χ2n) is 9.22. The molecule has 0 aliphatic carbocycles. The molecule has 0 saturated carbocycles. The molecule has 0 N–H and O–H groups in total. The first-order valence-electron chi connectivity index (χ1n) is 10.2. The van der Waals surface area contributed by atoms with Gasteiger partial charge in [-0.05, 0) is 42.7 Å². The summed E-state index contributed by atoms with van der Waals surface area (Å²) in [7, 11) is -3.55. The van der Waals surface area contributed by atoms with Gasteiger partial charge in [0.15, 0.2) is 9.84 Å². The van der Waals surface area contributed by atoms with Crippen molar-refractivity contribution in [3.63, 3.8) is 0 Å². The summed E-state index contributed by atoms with van der Waals surface area (Å²) in [5, 5.41) is 0.161. The zero-order valence-corrected chi connectivity index (χ0v) is 20.7. The summed E-state index contributed by atoms with van der Waals surface area (Å²) in [6.07, 6.45) is 0. The van der Waals surface area contributed by atoms with Crippen LogP contribution in [0, 0.1) is 11.2 Å². The van der Waals surface area contributed by atoms with Crippen molar-refractivity contribution < 1.29 is 17.6 Å². The van der Waals surface area contributed by atoms with Gasteiger partial charge in [-0.3, -0.25) is 4.79 Å². The lowest BCUT2D eigenvalue weighted by Crippen LogP contribution is -2.54. The molecule has 1 aromatic heterocycles. The third-order valence-electron chi connectivity index (χ3n) is 5.11. The van der Waals surface area contributed by atoms with Gasteiger partial charge in [0.25, 0.3) is 5.91 Å². The number of hydrogen-bond donors (Lipinski definition) is 0. The molecule has 174 valence electrons. The lowest BCUT2D eigenvalue weighted by atomic mass is 10.0. The zero-order chi connectivity index (χ0) is 23.8. The smallest absolute Gasteiger partial charge is 0.255 e. The Labute approximate surface area is 198 Å². The Bertz CT molecular complexity index is 1140. The minimum Gasteiger partial charge on any atom is -0.350 e. The van der Waals surface area contributed by atoms with Crippen molar-refractivity contribution in [2.24, 2.45) is 5.41 Å². The quantitative estimate of drug-likeness (QED) is 0.567. The summed E-state index contributed by atoms with van der Waals surface area (Å²) in [6, 6.07) is 6.45. The van der Waals surface area contributed by atoms with Gasteiger partial charge >= 0.3 is 0 Å². The van der Waals surface area contributed by atoms with Crippen LogP contribution in [0.4, 0.5) is 10.2 Å². The van der Waals surface area contributed by atoms with Crippen LogP contribution in [-0.2, 0) is 9.84 Å². The molecule has 1 saturated heterocycles. The van der Waals surface area contributed by atoms with Gasteiger partial charge < -0.3 is 9.80 Å². The highest BCUT2D eigenvalue weighted by Crippen LogP contribution is 2.29. The number of hydrogen-bond acceptors (Lipinski definition) is 5. The van der Waals surface area contributed by atoms with Gasteiger partial charge in [-0.25, -0.2) is 17.8 Å². The van der Waals surface area contributed by atoms with Crippen LogP contribution in [0.5, 0.6) is 0 Å². The lowest BCUT2D eigenvalue weighted by molar-refractivity contribution is 0.0726. The van der Waals surface area contributed by atoms with Crippen LogP contribution in [-0.4, -0.2) is 55.6 Å². The van der Waals surface area contributed by atoms with E-state index in [2.05, 4.69) is 4.98 Å². The summed E-state index contributed by atoms with van der Waals surface area (Å²) < 4.78 is 39.1. The van der Waals surface area contributed by atoms with Crippen LogP contribution in [0.2, 0.25) is 10.2 Å². The number of halogens is 3. The molecule has 0 radical (unpaired) electrons. The molecule has 0 unspecified atom stereocenters. The van der Waals surface area contributed by atoms with E-state index in [1.54, 1.807) is 4.90 Å². The highest BCUT2D eigenvalue weighted by molar-refractivity contribution is 7.91. The highest BCUT2D eigenvalue weighted by atomic mass is 35.5. The number of benzene rings is 1. The third kappa shape index (κ3) is 5.71. The van der Waals surface area contributed by atoms with Crippen molar-refractivity contribution in [3.05, 3.63) is 51.9 Å². The Morgan fingerprint density at radius 1 is 1.19 bits per heavy atom. The summed E-state index contributed by atoms with van der Waals surface area (Å²) in [4.78, 5) is 20.9. The molecule has 1 aliphatic rings. The molecule has 2 heterocycles. The first-order valence-corrected chi connectivity index (χ1v) is 12.6. The Hall–Kier alpha value is -1.90. The third-order valence-corrected chi connectivity index (χ3v) is 7.81. The topological polar surface area (TPSA) is 70.6 Å². The number of carbonyl (C=O) groups excluding carboxylic acids is 1. The van der Waals surface area contributed by atoms with E-state index in [4.69, 9.17) is 23.2 Å². The highest BCUT2D eigenvalue weighted by Gasteiger charge is 2.31. The van der Waals surface area contributed by atoms with Crippen molar-refractivity contribution in [1.82, 2.24) is 9.88 Å². The molecule has 32 heavy (non-hydrogen) atoms. The molecule has 10 heteroatoms. The van der Waals surface area contributed by atoms with E-state index >= 15 is 0 Å². The summed E-state index contributed by atoms with van der Waals surface area (Å²) in [5.41, 5.74) is -0.166. The number of rotatable bonds is 4. The molecule has 1 amide bonds. The number of carbonyl (C=O) groups is 1. The van der Waals surface area contributed by atoms with Crippen molar-refractivity contribution in [3.8, 4) is 0 Å². The SMILES string of the molecule is C[C@H]1CN(C(=O)c2ccc(F)cc2Cl)CCN1c1cc(S(=O)(=O)CC(C)(C)C)cc(Cl)n1. The molecule has 1 atom stereocenters. The predicted octanol–water partition coefficient (Wildman–Crippen LogP) is 4.70. The largest absolute Gasteiger partial charge is 0.350 e. The predicted molar refractivity (Wildman–Crippen MR) is 125 cm³/mol. The number of sulfone groups is 1. The maximum absolute atomic E-state index is 13.3. The standard InChI is InChI=1S/C22H26Cl2FN3O3S/c1-14-12-27(21(29)17-6-5-15(25)9-18(17)23)7-8-28(14)20-11-16(10-19(24)26-20)32(30,31)13-22(2,3)4/h5-6,9-11,14H,7-8,12-13H2,1-4H3/t14-/m0/s1. The second kappa shape index (κ2) is 9.15. The first-order chi connectivity index (χ1) is 14.8. The Balaban J connectivity index is 1.81. The lowest BCUT2D eigenvalue weighted by Gasteiger charge is -2.40. The summed E-state index contributed by atoms with van der Waals surface area (Å²) in [5.74, 6) is -0.358. The fourth-order valence-electron chi connectivity index (χ4n) is 3.76. The molecule has 3 rings (SSSR count). The van der Waals surface area contributed by atoms with E-state index in [-0.39, 0.29) is 38.3 Å². The fraction of sp³-hybridized carbons (Fsp3) is 0.455. The van der Waals surface area contributed by atoms with Crippen LogP contribution in [0.3, 0.4) is 0 Å². The minimum absolute atomic E-state index is 0.0178. The fourth-order valence-corrected chi connectivity index (χ4v) is 6.16. The van der Waals surface area contributed by atoms with Crippen LogP contribution in [0.15, 0.2) is 35.2 Å². The zero-order valence-electron chi connectivity index (χ0n) is 18.4. The number of aromatic nitrogens is 1. The molecular weight excluding hydrogens is 476 g/mol. The van der Waals surface area contributed by atoms with Gasteiger partial charge in [0.2, 0.25) is 0 Å². The van der Waals surface area contributed by atoms with E-state index in [1.807, 2.05) is 32.6 Å². The van der Waals surface area contributed by atoms with E-state index in [0.29, 0.717) is 25.5 Å². The van der Waals surface area contributed by atoms with Gasteiger partial charge in [0.05, 0.1) is 21.2 Å². The van der Waals surface area contributed by atoms with Crippen molar-refractivity contribution >= 4 is 44.8 Å². The molecule has 0 bridgehead atoms. The summed E-state index contributed by atoms with van der Waals surface area (Å²) >= 11 is 12.2. The maximum Gasteiger partial charge on any atom is 0.255 e. The van der Waals surface area contributed by atoms with Crippen molar-refractivity contribution in [2.45, 2.75) is 38.6 Å². The van der Waals surface area contributed by atoms with E-state index in [9.17, 15) is 17.6 Å². The summed E-state index contributed by atoms with van der Waals surface area (Å²) in [6.45, 7) is 8.66. The number of amides is 1. The minimum atomic E-state index is -3.55. The molecule has 1 fully saturated rings. The van der Waals surface area contributed by atoms with Crippen LogP contribution >= 0.6 is 23.2 Å². The Kier molecular flexibility index (Phi) is 7.08. The van der Waals surface area contributed by atoms with Gasteiger partial charge in [0.1, 0.15) is 16.8 Å². The molecular formula is C22H26Cl2FN3O3S. The average molecular weight is 502 g/mol. The molecule has 6 nitrogen and oxygen atoms in total. The number of nitrogens with zero attached hydrogens (tertiary/aromatic N) is 3. The monoisotopic (exact) mass is 501 g/mol. The van der Waals surface area contributed by atoms with Gasteiger partial charge in [-0.15, -0.1) is 0 Å². The average Bonchev–Trinajstić information content (AvgIpc) is 2.65. The van der Waals surface area contributed by atoms with E-state index in [1.165, 1.54) is 24.3 Å². The van der Waals surface area contributed by atoms with Gasteiger partial charge in [-0.1, -0.05) is 44.0 Å². The van der Waals surface area contributed by atoms with Crippen LogP contribution < -0.4 is 4.90 Å². The van der Waals surface area contributed by atoms with Gasteiger partial charge in [0, 0.05) is 25.7 Å². The molecule has 1 aliphatic heterocycles. The van der Waals surface area contributed by atoms with Crippen LogP contribution in [0.25, 0.3) is 0 Å². The first kappa shape index (κ1) is 24.7. The number of piperazine rings is 1. The second-order valence-corrected chi connectivity index (χ2v) is 12.0. The van der Waals surface area contributed by atoms with Gasteiger partial charge in [-0.2, -0.15) is 0 Å². The molecule has 1 aromatic carbocycles. The van der Waals surface area contributed by atoms with Crippen molar-refractivity contribution in [1.29, 1.82) is 0 Å². The normalized spacial score (nSPS) is 17.5. The molecule has 2 aromatic rings. The maximum atomic E-state index is 13.3. The number of anilines is 1. The number of pyridine rings is 1. The molecule has 0 spiro atoms. The van der Waals surface area contributed by atoms with Crippen molar-refractivity contribution in [2.75, 3.05) is 30.3 Å². The Morgan fingerprint density at radius 2 is 1.88 bits per heavy atom. The van der Waals surface area contributed by atoms with Crippen LogP contribution in [0.1, 0.15) is 38.1 Å². The van der Waals surface area contributed by atoms with E-state index < -0.39 is 21.1 Å². The Morgan fingerprint density at radius 3 is 2.47 bits per heavy atom. The van der Waals surface area contributed by atoms with E-state index in [0.717, 1.165) is 6.07 Å².